The van der Waals surface area contributed by atoms with Crippen molar-refractivity contribution in [3.05, 3.63) is 16.1 Å². The molecular weight excluding hydrogens is 300 g/mol. The molecule has 0 aliphatic carbocycles. The summed E-state index contributed by atoms with van der Waals surface area (Å²) in [6, 6.07) is 0. The topological polar surface area (TPSA) is 51.7 Å². The number of hydrogen-bond acceptors (Lipinski definition) is 5. The lowest BCUT2D eigenvalue weighted by Gasteiger charge is -2.33. The van der Waals surface area contributed by atoms with E-state index < -0.39 is 0 Å². The monoisotopic (exact) mass is 324 g/mol. The number of nitrogens with zero attached hydrogens (tertiary/aromatic N) is 2. The molecule has 1 amide bonds. The highest BCUT2D eigenvalue weighted by atomic mass is 32.1. The summed E-state index contributed by atoms with van der Waals surface area (Å²) >= 11 is 1.62. The zero-order chi connectivity index (χ0) is 15.7. The van der Waals surface area contributed by atoms with Crippen molar-refractivity contribution in [2.45, 2.75) is 51.2 Å². The van der Waals surface area contributed by atoms with E-state index in [2.05, 4.69) is 26.2 Å². The number of hydrogen-bond donors (Lipinski definition) is 0. The Labute approximate surface area is 135 Å². The van der Waals surface area contributed by atoms with Crippen molar-refractivity contribution in [1.82, 2.24) is 9.88 Å². The molecule has 2 aliphatic heterocycles. The lowest BCUT2D eigenvalue weighted by atomic mass is 9.93. The van der Waals surface area contributed by atoms with E-state index in [0.29, 0.717) is 26.3 Å². The molecule has 2 fully saturated rings. The maximum absolute atomic E-state index is 12.5. The van der Waals surface area contributed by atoms with E-state index >= 15 is 0 Å². The average Bonchev–Trinajstić information content (AvgIpc) is 3.17. The summed E-state index contributed by atoms with van der Waals surface area (Å²) in [7, 11) is 0. The number of aromatic nitrogens is 1. The van der Waals surface area contributed by atoms with Crippen LogP contribution in [0, 0.1) is 0 Å². The summed E-state index contributed by atoms with van der Waals surface area (Å²) in [5, 5.41) is 3.06. The van der Waals surface area contributed by atoms with Crippen LogP contribution < -0.4 is 0 Å². The first-order chi connectivity index (χ1) is 10.4. The minimum absolute atomic E-state index is 0.0383. The zero-order valence-electron chi connectivity index (χ0n) is 13.5. The van der Waals surface area contributed by atoms with E-state index in [1.54, 1.807) is 11.3 Å². The van der Waals surface area contributed by atoms with Gasteiger partial charge in [0.15, 0.2) is 0 Å². The third-order valence-electron chi connectivity index (χ3n) is 4.15. The molecule has 2 saturated heterocycles. The molecule has 1 aromatic heterocycles. The second kappa shape index (κ2) is 6.26. The smallest absolute Gasteiger partial charge is 0.251 e. The highest BCUT2D eigenvalue weighted by molar-refractivity contribution is 7.09. The van der Waals surface area contributed by atoms with Gasteiger partial charge in [-0.1, -0.05) is 20.8 Å². The van der Waals surface area contributed by atoms with Gasteiger partial charge >= 0.3 is 0 Å². The van der Waals surface area contributed by atoms with E-state index in [4.69, 9.17) is 14.5 Å². The number of carbonyl (C=O) groups excluding carboxylic acids is 1. The molecule has 3 heterocycles. The number of carbonyl (C=O) groups is 1. The Hall–Kier alpha value is -0.980. The van der Waals surface area contributed by atoms with Crippen molar-refractivity contribution in [1.29, 1.82) is 0 Å². The zero-order valence-corrected chi connectivity index (χ0v) is 14.3. The van der Waals surface area contributed by atoms with Crippen LogP contribution in [0.4, 0.5) is 0 Å². The summed E-state index contributed by atoms with van der Waals surface area (Å²) in [6.45, 7) is 8.95. The van der Waals surface area contributed by atoms with Crippen LogP contribution in [0.2, 0.25) is 0 Å². The molecule has 0 bridgehead atoms. The van der Waals surface area contributed by atoms with Crippen molar-refractivity contribution in [3.63, 3.8) is 0 Å². The quantitative estimate of drug-likeness (QED) is 0.839. The molecular formula is C16H24N2O3S. The third kappa shape index (κ3) is 3.34. The lowest BCUT2D eigenvalue weighted by Crippen LogP contribution is -2.46. The molecule has 0 radical (unpaired) electrons. The molecule has 2 atom stereocenters. The van der Waals surface area contributed by atoms with Gasteiger partial charge in [0.25, 0.3) is 5.91 Å². The summed E-state index contributed by atoms with van der Waals surface area (Å²) < 4.78 is 11.4. The lowest BCUT2D eigenvalue weighted by molar-refractivity contribution is -0.148. The Morgan fingerprint density at radius 1 is 1.36 bits per heavy atom. The first-order valence-electron chi connectivity index (χ1n) is 7.93. The number of amides is 1. The van der Waals surface area contributed by atoms with Gasteiger partial charge in [0.05, 0.1) is 18.8 Å². The first kappa shape index (κ1) is 15.9. The van der Waals surface area contributed by atoms with Gasteiger partial charge in [-0.15, -0.1) is 11.3 Å². The van der Waals surface area contributed by atoms with Crippen molar-refractivity contribution in [2.24, 2.45) is 0 Å². The Kier molecular flexibility index (Phi) is 4.52. The van der Waals surface area contributed by atoms with Gasteiger partial charge < -0.3 is 14.4 Å². The molecule has 6 heteroatoms. The minimum atomic E-state index is -0.250. The molecule has 0 unspecified atom stereocenters. The third-order valence-corrected chi connectivity index (χ3v) is 5.09. The average molecular weight is 324 g/mol. The Balaban J connectivity index is 1.67. The van der Waals surface area contributed by atoms with Gasteiger partial charge in [0.1, 0.15) is 17.2 Å². The summed E-state index contributed by atoms with van der Waals surface area (Å²) in [6.07, 6.45) is 1.46. The molecule has 22 heavy (non-hydrogen) atoms. The molecule has 5 nitrogen and oxygen atoms in total. The van der Waals surface area contributed by atoms with Crippen molar-refractivity contribution in [2.75, 3.05) is 26.3 Å². The highest BCUT2D eigenvalue weighted by Gasteiger charge is 2.33. The van der Waals surface area contributed by atoms with Gasteiger partial charge in [0.2, 0.25) is 0 Å². The molecule has 1 aromatic rings. The van der Waals surface area contributed by atoms with Crippen LogP contribution in [0.15, 0.2) is 5.38 Å². The SMILES string of the molecule is CC(C)(C)c1csc([C@@H]2CN(C(=O)[C@@H]3CCCO3)CCO2)n1. The van der Waals surface area contributed by atoms with Gasteiger partial charge in [-0.05, 0) is 12.8 Å². The van der Waals surface area contributed by atoms with E-state index in [0.717, 1.165) is 23.5 Å². The maximum Gasteiger partial charge on any atom is 0.251 e. The standard InChI is InChI=1S/C16H24N2O3S/c1-16(2,3)13-10-22-14(17-13)12-9-18(6-8-21-12)15(19)11-5-4-7-20-11/h10-12H,4-9H2,1-3H3/t11-,12-/m0/s1. The summed E-state index contributed by atoms with van der Waals surface area (Å²) in [5.41, 5.74) is 1.12. The van der Waals surface area contributed by atoms with Crippen LogP contribution in [0.1, 0.15) is 50.4 Å². The van der Waals surface area contributed by atoms with Crippen LogP contribution in [0.5, 0.6) is 0 Å². The van der Waals surface area contributed by atoms with Crippen molar-refractivity contribution in [3.8, 4) is 0 Å². The van der Waals surface area contributed by atoms with E-state index in [9.17, 15) is 4.79 Å². The minimum Gasteiger partial charge on any atom is -0.368 e. The van der Waals surface area contributed by atoms with Crippen LogP contribution >= 0.6 is 11.3 Å². The van der Waals surface area contributed by atoms with Gasteiger partial charge in [-0.2, -0.15) is 0 Å². The van der Waals surface area contributed by atoms with E-state index in [1.807, 2.05) is 4.90 Å². The van der Waals surface area contributed by atoms with Crippen molar-refractivity contribution >= 4 is 17.2 Å². The normalized spacial score (nSPS) is 26.4. The Bertz CT molecular complexity index is 532. The molecule has 2 aliphatic rings. The van der Waals surface area contributed by atoms with E-state index in [1.165, 1.54) is 0 Å². The molecule has 0 N–H and O–H groups in total. The molecule has 0 spiro atoms. The van der Waals surface area contributed by atoms with Gasteiger partial charge in [0, 0.05) is 23.9 Å². The summed E-state index contributed by atoms with van der Waals surface area (Å²) in [5.74, 6) is 0.110. The second-order valence-corrected chi connectivity index (χ2v) is 7.86. The number of thiazole rings is 1. The Morgan fingerprint density at radius 2 is 2.18 bits per heavy atom. The highest BCUT2D eigenvalue weighted by Crippen LogP contribution is 2.30. The largest absolute Gasteiger partial charge is 0.368 e. The van der Waals surface area contributed by atoms with E-state index in [-0.39, 0.29) is 23.5 Å². The molecule has 0 aromatic carbocycles. The van der Waals surface area contributed by atoms with Crippen LogP contribution in [0.25, 0.3) is 0 Å². The van der Waals surface area contributed by atoms with Gasteiger partial charge in [-0.3, -0.25) is 4.79 Å². The fourth-order valence-electron chi connectivity index (χ4n) is 2.75. The number of morpholine rings is 1. The van der Waals surface area contributed by atoms with Gasteiger partial charge in [-0.25, -0.2) is 4.98 Å². The van der Waals surface area contributed by atoms with Crippen LogP contribution in [-0.2, 0) is 19.7 Å². The van der Waals surface area contributed by atoms with Crippen LogP contribution in [0.3, 0.4) is 0 Å². The van der Waals surface area contributed by atoms with Crippen LogP contribution in [-0.4, -0.2) is 48.2 Å². The van der Waals surface area contributed by atoms with Crippen molar-refractivity contribution < 1.29 is 14.3 Å². The fourth-order valence-corrected chi connectivity index (χ4v) is 3.84. The number of ether oxygens (including phenoxy) is 2. The molecule has 0 saturated carbocycles. The summed E-state index contributed by atoms with van der Waals surface area (Å²) in [4.78, 5) is 19.1. The fraction of sp³-hybridized carbons (Fsp3) is 0.750. The Morgan fingerprint density at radius 3 is 2.82 bits per heavy atom. The predicted octanol–water partition coefficient (Wildman–Crippen LogP) is 2.52. The predicted molar refractivity (Wildman–Crippen MR) is 85.1 cm³/mol. The molecule has 3 rings (SSSR count). The maximum atomic E-state index is 12.5. The number of rotatable bonds is 2. The molecule has 122 valence electrons. The first-order valence-corrected chi connectivity index (χ1v) is 8.81. The second-order valence-electron chi connectivity index (χ2n) is 6.97.